The molecule has 0 aromatic heterocycles. The number of nitrogens with one attached hydrogen (secondary N) is 1. The molecule has 0 aliphatic carbocycles. The summed E-state index contributed by atoms with van der Waals surface area (Å²) in [5, 5.41) is 2.90. The zero-order valence-corrected chi connectivity index (χ0v) is 18.7. The second-order valence-electron chi connectivity index (χ2n) is 6.61. The van der Waals surface area contributed by atoms with Crippen molar-refractivity contribution in [1.29, 1.82) is 0 Å². The van der Waals surface area contributed by atoms with Gasteiger partial charge >= 0.3 is 0 Å². The highest BCUT2D eigenvalue weighted by Gasteiger charge is 2.23. The van der Waals surface area contributed by atoms with E-state index in [1.165, 1.54) is 7.11 Å². The van der Waals surface area contributed by atoms with Crippen LogP contribution in [0, 0.1) is 0 Å². The summed E-state index contributed by atoms with van der Waals surface area (Å²) in [6.45, 7) is 1.58. The fourth-order valence-corrected chi connectivity index (χ4v) is 3.87. The zero-order chi connectivity index (χ0) is 22.3. The molecule has 0 bridgehead atoms. The molecule has 1 amide bonds. The first-order valence-electron chi connectivity index (χ1n) is 9.36. The minimum Gasteiger partial charge on any atom is -0.497 e. The molecule has 1 N–H and O–H groups in total. The number of carbonyl (C=O) groups excluding carboxylic acids is 1. The number of methoxy groups -OCH3 is 3. The Hall–Kier alpha value is -2.94. The lowest BCUT2D eigenvalue weighted by Crippen LogP contribution is -2.41. The number of benzene rings is 2. The summed E-state index contributed by atoms with van der Waals surface area (Å²) in [6.07, 6.45) is 1.67. The lowest BCUT2D eigenvalue weighted by molar-refractivity contribution is -0.120. The number of nitrogens with zero attached hydrogens (tertiary/aromatic N) is 1. The third kappa shape index (κ3) is 5.79. The molecule has 8 nitrogen and oxygen atoms in total. The average Bonchev–Trinajstić information content (AvgIpc) is 2.74. The lowest BCUT2D eigenvalue weighted by atomic mass is 10.0. The quantitative estimate of drug-likeness (QED) is 0.616. The standard InChI is InChI=1S/C21H28N2O6S/c1-6-18(15-10-11-19(28-3)20(12-15)29-4)22-21(24)14-23(30(5,25)26)16-8-7-9-17(13-16)27-2/h7-13,18H,6,14H2,1-5H3,(H,22,24)/t18-/m0/s1. The Balaban J connectivity index is 2.23. The van der Waals surface area contributed by atoms with E-state index in [0.29, 0.717) is 29.4 Å². The monoisotopic (exact) mass is 436 g/mol. The molecular weight excluding hydrogens is 408 g/mol. The van der Waals surface area contributed by atoms with Crippen LogP contribution in [0.5, 0.6) is 17.2 Å². The van der Waals surface area contributed by atoms with Crippen LogP contribution in [0.25, 0.3) is 0 Å². The Morgan fingerprint density at radius 2 is 1.73 bits per heavy atom. The van der Waals surface area contributed by atoms with Crippen molar-refractivity contribution >= 4 is 21.6 Å². The highest BCUT2D eigenvalue weighted by molar-refractivity contribution is 7.92. The molecule has 0 aliphatic rings. The van der Waals surface area contributed by atoms with Crippen LogP contribution in [0.4, 0.5) is 5.69 Å². The van der Waals surface area contributed by atoms with E-state index >= 15 is 0 Å². The minimum atomic E-state index is -3.68. The number of hydrogen-bond acceptors (Lipinski definition) is 6. The molecule has 0 fully saturated rings. The van der Waals surface area contributed by atoms with E-state index in [0.717, 1.165) is 16.1 Å². The number of hydrogen-bond donors (Lipinski definition) is 1. The maximum atomic E-state index is 12.7. The van der Waals surface area contributed by atoms with Crippen LogP contribution in [0.2, 0.25) is 0 Å². The highest BCUT2D eigenvalue weighted by atomic mass is 32.2. The van der Waals surface area contributed by atoms with Gasteiger partial charge in [-0.1, -0.05) is 19.1 Å². The molecule has 9 heteroatoms. The van der Waals surface area contributed by atoms with Crippen molar-refractivity contribution in [3.8, 4) is 17.2 Å². The molecule has 0 aliphatic heterocycles. The van der Waals surface area contributed by atoms with E-state index in [9.17, 15) is 13.2 Å². The Morgan fingerprint density at radius 1 is 1.03 bits per heavy atom. The summed E-state index contributed by atoms with van der Waals surface area (Å²) < 4.78 is 41.4. The predicted molar refractivity (Wildman–Crippen MR) is 116 cm³/mol. The molecule has 0 unspecified atom stereocenters. The normalized spacial score (nSPS) is 12.0. The van der Waals surface area contributed by atoms with Gasteiger partial charge in [-0.05, 0) is 36.2 Å². The lowest BCUT2D eigenvalue weighted by Gasteiger charge is -2.24. The van der Waals surface area contributed by atoms with Crippen LogP contribution in [-0.2, 0) is 14.8 Å². The Labute approximate surface area is 177 Å². The summed E-state index contributed by atoms with van der Waals surface area (Å²) >= 11 is 0. The highest BCUT2D eigenvalue weighted by Crippen LogP contribution is 2.31. The number of sulfonamides is 1. The van der Waals surface area contributed by atoms with Crippen LogP contribution in [0.3, 0.4) is 0 Å². The molecule has 0 radical (unpaired) electrons. The second kappa shape index (κ2) is 10.2. The van der Waals surface area contributed by atoms with Crippen LogP contribution in [0.1, 0.15) is 24.9 Å². The smallest absolute Gasteiger partial charge is 0.241 e. The topological polar surface area (TPSA) is 94.2 Å². The summed E-state index contributed by atoms with van der Waals surface area (Å²) in [4.78, 5) is 12.7. The Bertz CT molecular complexity index is 977. The first-order valence-corrected chi connectivity index (χ1v) is 11.2. The molecule has 0 saturated heterocycles. The van der Waals surface area contributed by atoms with E-state index in [1.807, 2.05) is 13.0 Å². The number of ether oxygens (including phenoxy) is 3. The van der Waals surface area contributed by atoms with Gasteiger partial charge in [0.15, 0.2) is 11.5 Å². The van der Waals surface area contributed by atoms with E-state index < -0.39 is 15.9 Å². The molecule has 0 saturated carbocycles. The molecule has 0 heterocycles. The summed E-state index contributed by atoms with van der Waals surface area (Å²) in [5.74, 6) is 1.21. The molecule has 164 valence electrons. The van der Waals surface area contributed by atoms with Gasteiger partial charge < -0.3 is 19.5 Å². The maximum Gasteiger partial charge on any atom is 0.241 e. The van der Waals surface area contributed by atoms with Crippen molar-refractivity contribution in [3.05, 3.63) is 48.0 Å². The largest absolute Gasteiger partial charge is 0.497 e. The minimum absolute atomic E-state index is 0.316. The predicted octanol–water partition coefficient (Wildman–Crippen LogP) is 2.75. The first-order chi connectivity index (χ1) is 14.2. The van der Waals surface area contributed by atoms with Crippen molar-refractivity contribution in [1.82, 2.24) is 5.32 Å². The van der Waals surface area contributed by atoms with Crippen molar-refractivity contribution < 1.29 is 27.4 Å². The first kappa shape index (κ1) is 23.3. The SMILES string of the molecule is CC[C@H](NC(=O)CN(c1cccc(OC)c1)S(C)(=O)=O)c1ccc(OC)c(OC)c1. The van der Waals surface area contributed by atoms with Crippen LogP contribution < -0.4 is 23.8 Å². The van der Waals surface area contributed by atoms with Crippen LogP contribution in [-0.4, -0.2) is 48.5 Å². The van der Waals surface area contributed by atoms with Gasteiger partial charge in [0.2, 0.25) is 15.9 Å². The summed E-state index contributed by atoms with van der Waals surface area (Å²) in [5.41, 5.74) is 1.18. The fraction of sp³-hybridized carbons (Fsp3) is 0.381. The average molecular weight is 437 g/mol. The molecule has 2 aromatic carbocycles. The van der Waals surface area contributed by atoms with E-state index in [4.69, 9.17) is 14.2 Å². The van der Waals surface area contributed by atoms with Crippen molar-refractivity contribution in [2.45, 2.75) is 19.4 Å². The van der Waals surface area contributed by atoms with E-state index in [1.54, 1.807) is 50.6 Å². The molecular formula is C21H28N2O6S. The fourth-order valence-electron chi connectivity index (χ4n) is 3.03. The number of carbonyl (C=O) groups is 1. The van der Waals surface area contributed by atoms with Gasteiger partial charge in [0, 0.05) is 6.07 Å². The molecule has 30 heavy (non-hydrogen) atoms. The summed E-state index contributed by atoms with van der Waals surface area (Å²) in [7, 11) is 0.899. The van der Waals surface area contributed by atoms with Gasteiger partial charge in [0.25, 0.3) is 0 Å². The Kier molecular flexibility index (Phi) is 7.93. The number of amides is 1. The van der Waals surface area contributed by atoms with Crippen LogP contribution in [0.15, 0.2) is 42.5 Å². The molecule has 2 aromatic rings. The van der Waals surface area contributed by atoms with Gasteiger partial charge in [0.05, 0.1) is 39.3 Å². The third-order valence-electron chi connectivity index (χ3n) is 4.58. The van der Waals surface area contributed by atoms with Crippen molar-refractivity contribution in [3.63, 3.8) is 0 Å². The molecule has 1 atom stereocenters. The van der Waals surface area contributed by atoms with E-state index in [-0.39, 0.29) is 12.6 Å². The van der Waals surface area contributed by atoms with Gasteiger partial charge in [0.1, 0.15) is 12.3 Å². The zero-order valence-electron chi connectivity index (χ0n) is 17.8. The molecule has 2 rings (SSSR count). The molecule has 0 spiro atoms. The van der Waals surface area contributed by atoms with Gasteiger partial charge in [-0.25, -0.2) is 8.42 Å². The van der Waals surface area contributed by atoms with Gasteiger partial charge in [-0.3, -0.25) is 9.10 Å². The Morgan fingerprint density at radius 3 is 2.30 bits per heavy atom. The van der Waals surface area contributed by atoms with Crippen molar-refractivity contribution in [2.75, 3.05) is 38.4 Å². The van der Waals surface area contributed by atoms with Gasteiger partial charge in [-0.15, -0.1) is 0 Å². The van der Waals surface area contributed by atoms with Crippen molar-refractivity contribution in [2.24, 2.45) is 0 Å². The number of anilines is 1. The summed E-state index contributed by atoms with van der Waals surface area (Å²) in [6, 6.07) is 11.6. The van der Waals surface area contributed by atoms with Gasteiger partial charge in [-0.2, -0.15) is 0 Å². The van der Waals surface area contributed by atoms with E-state index in [2.05, 4.69) is 5.32 Å². The second-order valence-corrected chi connectivity index (χ2v) is 8.52. The third-order valence-corrected chi connectivity index (χ3v) is 5.72. The van der Waals surface area contributed by atoms with Crippen LogP contribution >= 0.6 is 0 Å². The maximum absolute atomic E-state index is 12.7. The number of rotatable bonds is 10.